The summed E-state index contributed by atoms with van der Waals surface area (Å²) in [7, 11) is 1.64. The first-order valence-electron chi connectivity index (χ1n) is 4.86. The number of hydrogen-bond donors (Lipinski definition) is 0. The van der Waals surface area contributed by atoms with Crippen molar-refractivity contribution in [3.63, 3.8) is 0 Å². The molecule has 1 aromatic rings. The predicted molar refractivity (Wildman–Crippen MR) is 64.0 cm³/mol. The van der Waals surface area contributed by atoms with Gasteiger partial charge in [0.2, 0.25) is 0 Å². The number of likely N-dealkylation sites (N-methyl/N-ethyl adjacent to an activating group) is 1. The summed E-state index contributed by atoms with van der Waals surface area (Å²) in [4.78, 5) is 12.7. The topological polar surface area (TPSA) is 29.5 Å². The molecule has 0 N–H and O–H groups in total. The SMILES string of the molecule is CCOC(=O)CN(C)c1cc(Br)ccc1F. The number of anilines is 1. The second kappa shape index (κ2) is 5.84. The molecule has 0 radical (unpaired) electrons. The molecule has 0 heterocycles. The Morgan fingerprint density at radius 3 is 2.88 bits per heavy atom. The molecule has 0 amide bonds. The van der Waals surface area contributed by atoms with Crippen molar-refractivity contribution in [3.8, 4) is 0 Å². The van der Waals surface area contributed by atoms with E-state index in [2.05, 4.69) is 15.9 Å². The molecule has 88 valence electrons. The molecule has 16 heavy (non-hydrogen) atoms. The van der Waals surface area contributed by atoms with Crippen LogP contribution in [0.1, 0.15) is 6.92 Å². The van der Waals surface area contributed by atoms with Crippen molar-refractivity contribution in [2.75, 3.05) is 25.1 Å². The second-order valence-electron chi connectivity index (χ2n) is 3.26. The fraction of sp³-hybridized carbons (Fsp3) is 0.364. The molecule has 3 nitrogen and oxygen atoms in total. The van der Waals surface area contributed by atoms with Gasteiger partial charge in [0.1, 0.15) is 12.4 Å². The maximum Gasteiger partial charge on any atom is 0.325 e. The van der Waals surface area contributed by atoms with Gasteiger partial charge in [-0.15, -0.1) is 0 Å². The van der Waals surface area contributed by atoms with E-state index in [-0.39, 0.29) is 18.3 Å². The van der Waals surface area contributed by atoms with Crippen molar-refractivity contribution in [2.24, 2.45) is 0 Å². The zero-order chi connectivity index (χ0) is 12.1. The lowest BCUT2D eigenvalue weighted by molar-refractivity contribution is -0.141. The molecule has 0 fully saturated rings. The van der Waals surface area contributed by atoms with Crippen LogP contribution in [0.5, 0.6) is 0 Å². The average Bonchev–Trinajstić information content (AvgIpc) is 2.21. The fourth-order valence-corrected chi connectivity index (χ4v) is 1.61. The van der Waals surface area contributed by atoms with Crippen molar-refractivity contribution < 1.29 is 13.9 Å². The Morgan fingerprint density at radius 1 is 1.56 bits per heavy atom. The molecule has 0 spiro atoms. The zero-order valence-electron chi connectivity index (χ0n) is 9.17. The van der Waals surface area contributed by atoms with Gasteiger partial charge in [0.15, 0.2) is 0 Å². The number of carbonyl (C=O) groups is 1. The minimum atomic E-state index is -0.371. The van der Waals surface area contributed by atoms with Crippen molar-refractivity contribution in [1.29, 1.82) is 0 Å². The Kier molecular flexibility index (Phi) is 4.73. The molecule has 0 aliphatic heterocycles. The van der Waals surface area contributed by atoms with Crippen LogP contribution >= 0.6 is 15.9 Å². The van der Waals surface area contributed by atoms with Crippen molar-refractivity contribution in [1.82, 2.24) is 0 Å². The lowest BCUT2D eigenvalue weighted by Gasteiger charge is -2.18. The third kappa shape index (κ3) is 3.48. The molecule has 0 aromatic heterocycles. The summed E-state index contributed by atoms with van der Waals surface area (Å²) in [5, 5.41) is 0. The van der Waals surface area contributed by atoms with Gasteiger partial charge in [0.25, 0.3) is 0 Å². The molecule has 1 rings (SSSR count). The van der Waals surface area contributed by atoms with Gasteiger partial charge in [-0.1, -0.05) is 15.9 Å². The smallest absolute Gasteiger partial charge is 0.325 e. The lowest BCUT2D eigenvalue weighted by atomic mass is 10.3. The van der Waals surface area contributed by atoms with Crippen LogP contribution in [-0.4, -0.2) is 26.2 Å². The number of esters is 1. The summed E-state index contributed by atoms with van der Waals surface area (Å²) in [5.74, 6) is -0.737. The summed E-state index contributed by atoms with van der Waals surface area (Å²) in [6.07, 6.45) is 0. The Labute approximate surface area is 102 Å². The Hall–Kier alpha value is -1.10. The third-order valence-corrected chi connectivity index (χ3v) is 2.48. The van der Waals surface area contributed by atoms with Crippen molar-refractivity contribution in [3.05, 3.63) is 28.5 Å². The summed E-state index contributed by atoms with van der Waals surface area (Å²) < 4.78 is 19.0. The van der Waals surface area contributed by atoms with Crippen LogP contribution in [0, 0.1) is 5.82 Å². The lowest BCUT2D eigenvalue weighted by Crippen LogP contribution is -2.27. The quantitative estimate of drug-likeness (QED) is 0.798. The third-order valence-electron chi connectivity index (χ3n) is 1.99. The highest BCUT2D eigenvalue weighted by atomic mass is 79.9. The first-order valence-corrected chi connectivity index (χ1v) is 5.65. The molecular weight excluding hydrogens is 277 g/mol. The van der Waals surface area contributed by atoms with Crippen molar-refractivity contribution >= 4 is 27.6 Å². The van der Waals surface area contributed by atoms with Gasteiger partial charge >= 0.3 is 5.97 Å². The number of nitrogens with zero attached hydrogens (tertiary/aromatic N) is 1. The molecule has 0 unspecified atom stereocenters. The van der Waals surface area contributed by atoms with Gasteiger partial charge < -0.3 is 9.64 Å². The summed E-state index contributed by atoms with van der Waals surface area (Å²) in [6.45, 7) is 2.09. The number of carbonyl (C=O) groups excluding carboxylic acids is 1. The normalized spacial score (nSPS) is 10.0. The van der Waals surface area contributed by atoms with E-state index in [1.807, 2.05) is 0 Å². The zero-order valence-corrected chi connectivity index (χ0v) is 10.8. The molecule has 0 bridgehead atoms. The Balaban J connectivity index is 2.76. The molecule has 0 saturated carbocycles. The Morgan fingerprint density at radius 2 is 2.25 bits per heavy atom. The van der Waals surface area contributed by atoms with E-state index in [1.165, 1.54) is 11.0 Å². The first-order chi connectivity index (χ1) is 7.54. The van der Waals surface area contributed by atoms with Gasteiger partial charge in [0.05, 0.1) is 12.3 Å². The molecule has 5 heteroatoms. The van der Waals surface area contributed by atoms with Gasteiger partial charge in [-0.3, -0.25) is 4.79 Å². The maximum atomic E-state index is 13.4. The molecule has 0 saturated heterocycles. The van der Waals surface area contributed by atoms with E-state index in [0.717, 1.165) is 4.47 Å². The highest BCUT2D eigenvalue weighted by molar-refractivity contribution is 9.10. The number of hydrogen-bond acceptors (Lipinski definition) is 3. The van der Waals surface area contributed by atoms with Crippen LogP contribution in [-0.2, 0) is 9.53 Å². The van der Waals surface area contributed by atoms with Gasteiger partial charge in [0, 0.05) is 11.5 Å². The maximum absolute atomic E-state index is 13.4. The summed E-state index contributed by atoms with van der Waals surface area (Å²) in [6, 6.07) is 4.58. The van der Waals surface area contributed by atoms with Crippen LogP contribution < -0.4 is 4.90 Å². The minimum absolute atomic E-state index is 0.0290. The number of halogens is 2. The summed E-state index contributed by atoms with van der Waals surface area (Å²) >= 11 is 3.25. The molecule has 0 atom stereocenters. The Bertz CT molecular complexity index is 384. The monoisotopic (exact) mass is 289 g/mol. The molecule has 0 aliphatic rings. The van der Waals surface area contributed by atoms with E-state index in [9.17, 15) is 9.18 Å². The van der Waals surface area contributed by atoms with E-state index in [4.69, 9.17) is 4.74 Å². The average molecular weight is 290 g/mol. The van der Waals surface area contributed by atoms with E-state index < -0.39 is 0 Å². The molecule has 1 aromatic carbocycles. The van der Waals surface area contributed by atoms with Crippen LogP contribution in [0.2, 0.25) is 0 Å². The standard InChI is InChI=1S/C11H13BrFNO2/c1-3-16-11(15)7-14(2)10-6-8(12)4-5-9(10)13/h4-6H,3,7H2,1-2H3. The largest absolute Gasteiger partial charge is 0.465 e. The number of benzene rings is 1. The van der Waals surface area contributed by atoms with Gasteiger partial charge in [-0.05, 0) is 25.1 Å². The fourth-order valence-electron chi connectivity index (χ4n) is 1.26. The van der Waals surface area contributed by atoms with E-state index >= 15 is 0 Å². The van der Waals surface area contributed by atoms with E-state index in [0.29, 0.717) is 12.3 Å². The van der Waals surface area contributed by atoms with Gasteiger partial charge in [-0.25, -0.2) is 4.39 Å². The first kappa shape index (κ1) is 13.0. The number of rotatable bonds is 4. The van der Waals surface area contributed by atoms with Crippen LogP contribution in [0.4, 0.5) is 10.1 Å². The molecular formula is C11H13BrFNO2. The van der Waals surface area contributed by atoms with Crippen molar-refractivity contribution in [2.45, 2.75) is 6.92 Å². The van der Waals surface area contributed by atoms with Crippen LogP contribution in [0.15, 0.2) is 22.7 Å². The van der Waals surface area contributed by atoms with Crippen LogP contribution in [0.3, 0.4) is 0 Å². The molecule has 0 aliphatic carbocycles. The van der Waals surface area contributed by atoms with E-state index in [1.54, 1.807) is 26.1 Å². The second-order valence-corrected chi connectivity index (χ2v) is 4.17. The predicted octanol–water partition coefficient (Wildman–Crippen LogP) is 2.59. The van der Waals surface area contributed by atoms with Gasteiger partial charge in [-0.2, -0.15) is 0 Å². The minimum Gasteiger partial charge on any atom is -0.465 e. The van der Waals surface area contributed by atoms with Crippen LogP contribution in [0.25, 0.3) is 0 Å². The summed E-state index contributed by atoms with van der Waals surface area (Å²) in [5.41, 5.74) is 0.363. The highest BCUT2D eigenvalue weighted by Crippen LogP contribution is 2.22. The number of ether oxygens (including phenoxy) is 1. The highest BCUT2D eigenvalue weighted by Gasteiger charge is 2.12.